The van der Waals surface area contributed by atoms with Crippen molar-refractivity contribution in [1.29, 1.82) is 0 Å². The Kier molecular flexibility index (Phi) is 5.34. The molecule has 5 heteroatoms. The van der Waals surface area contributed by atoms with Gasteiger partial charge in [-0.05, 0) is 50.8 Å². The van der Waals surface area contributed by atoms with Gasteiger partial charge in [0.15, 0.2) is 0 Å². The summed E-state index contributed by atoms with van der Waals surface area (Å²) < 4.78 is 5.87. The summed E-state index contributed by atoms with van der Waals surface area (Å²) in [6.07, 6.45) is 5.98. The molecule has 0 unspecified atom stereocenters. The van der Waals surface area contributed by atoms with Crippen molar-refractivity contribution >= 4 is 6.03 Å². The van der Waals surface area contributed by atoms with Crippen LogP contribution in [-0.4, -0.2) is 73.2 Å². The monoisotopic (exact) mass is 357 g/mol. The fourth-order valence-corrected chi connectivity index (χ4v) is 4.85. The van der Waals surface area contributed by atoms with E-state index in [0.29, 0.717) is 5.41 Å². The summed E-state index contributed by atoms with van der Waals surface area (Å²) in [5, 5.41) is 0. The molecule has 1 aromatic rings. The minimum atomic E-state index is 0.281. The SMILES string of the molecule is O=C(N1CCCC1)N1CC[C@@]2(CCCN(CCOc3ccccc3)C2)C1. The van der Waals surface area contributed by atoms with Crippen molar-refractivity contribution in [2.24, 2.45) is 5.41 Å². The van der Waals surface area contributed by atoms with E-state index in [4.69, 9.17) is 4.74 Å². The number of ether oxygens (including phenoxy) is 1. The van der Waals surface area contributed by atoms with Crippen molar-refractivity contribution in [2.75, 3.05) is 52.4 Å². The highest BCUT2D eigenvalue weighted by molar-refractivity contribution is 5.75. The van der Waals surface area contributed by atoms with Gasteiger partial charge >= 0.3 is 6.03 Å². The van der Waals surface area contributed by atoms with Crippen LogP contribution in [0.2, 0.25) is 0 Å². The lowest BCUT2D eigenvalue weighted by molar-refractivity contribution is 0.0813. The van der Waals surface area contributed by atoms with Gasteiger partial charge in [-0.1, -0.05) is 18.2 Å². The molecule has 3 aliphatic heterocycles. The zero-order valence-corrected chi connectivity index (χ0v) is 15.7. The molecular formula is C21H31N3O2. The number of amides is 2. The Labute approximate surface area is 156 Å². The molecule has 0 saturated carbocycles. The fraction of sp³-hybridized carbons (Fsp3) is 0.667. The molecule has 3 heterocycles. The number of hydrogen-bond acceptors (Lipinski definition) is 3. The van der Waals surface area contributed by atoms with Gasteiger partial charge in [-0.25, -0.2) is 4.79 Å². The van der Waals surface area contributed by atoms with Crippen LogP contribution in [-0.2, 0) is 0 Å². The minimum Gasteiger partial charge on any atom is -0.492 e. The number of likely N-dealkylation sites (tertiary alicyclic amines) is 3. The predicted octanol–water partition coefficient (Wildman–Crippen LogP) is 3.07. The van der Waals surface area contributed by atoms with Crippen LogP contribution >= 0.6 is 0 Å². The first-order valence-corrected chi connectivity index (χ1v) is 10.2. The topological polar surface area (TPSA) is 36.0 Å². The van der Waals surface area contributed by atoms with Gasteiger partial charge in [0.1, 0.15) is 12.4 Å². The summed E-state index contributed by atoms with van der Waals surface area (Å²) in [7, 11) is 0. The van der Waals surface area contributed by atoms with E-state index >= 15 is 0 Å². The lowest BCUT2D eigenvalue weighted by Gasteiger charge is -2.40. The molecule has 1 spiro atoms. The number of nitrogens with zero attached hydrogens (tertiary/aromatic N) is 3. The number of rotatable bonds is 4. The van der Waals surface area contributed by atoms with Gasteiger partial charge in [0.25, 0.3) is 0 Å². The molecule has 0 aliphatic carbocycles. The second-order valence-corrected chi connectivity index (χ2v) is 8.19. The van der Waals surface area contributed by atoms with E-state index < -0.39 is 0 Å². The molecule has 0 bridgehead atoms. The Morgan fingerprint density at radius 3 is 2.54 bits per heavy atom. The van der Waals surface area contributed by atoms with E-state index in [2.05, 4.69) is 9.80 Å². The predicted molar refractivity (Wildman–Crippen MR) is 102 cm³/mol. The standard InChI is InChI=1S/C21H31N3O2/c25-20(23-12-4-5-13-23)24-14-10-21(18-24)9-6-11-22(17-21)15-16-26-19-7-2-1-3-8-19/h1-3,7-8H,4-6,9-18H2/t21-/m1/s1. The second-order valence-electron chi connectivity index (χ2n) is 8.19. The summed E-state index contributed by atoms with van der Waals surface area (Å²) in [4.78, 5) is 19.4. The molecule has 142 valence electrons. The number of urea groups is 1. The molecule has 1 aromatic carbocycles. The van der Waals surface area contributed by atoms with Gasteiger partial charge < -0.3 is 14.5 Å². The minimum absolute atomic E-state index is 0.281. The van der Waals surface area contributed by atoms with E-state index in [1.165, 1.54) is 25.7 Å². The Morgan fingerprint density at radius 1 is 0.923 bits per heavy atom. The quantitative estimate of drug-likeness (QED) is 0.831. The Morgan fingerprint density at radius 2 is 1.73 bits per heavy atom. The maximum absolute atomic E-state index is 12.7. The third-order valence-electron chi connectivity index (χ3n) is 6.25. The smallest absolute Gasteiger partial charge is 0.320 e. The third-order valence-corrected chi connectivity index (χ3v) is 6.25. The third kappa shape index (κ3) is 3.98. The van der Waals surface area contributed by atoms with Crippen LogP contribution in [0.3, 0.4) is 0 Å². The van der Waals surface area contributed by atoms with Crippen molar-refractivity contribution < 1.29 is 9.53 Å². The maximum Gasteiger partial charge on any atom is 0.320 e. The number of hydrogen-bond donors (Lipinski definition) is 0. The summed E-state index contributed by atoms with van der Waals surface area (Å²) in [5.41, 5.74) is 0.306. The van der Waals surface area contributed by atoms with E-state index in [9.17, 15) is 4.79 Å². The lowest BCUT2D eigenvalue weighted by atomic mass is 9.79. The second kappa shape index (κ2) is 7.87. The Bertz CT molecular complexity index is 603. The van der Waals surface area contributed by atoms with Gasteiger partial charge in [-0.15, -0.1) is 0 Å². The molecule has 0 N–H and O–H groups in total. The van der Waals surface area contributed by atoms with Crippen LogP contribution in [0.1, 0.15) is 32.1 Å². The van der Waals surface area contributed by atoms with Gasteiger partial charge in [-0.3, -0.25) is 4.90 Å². The normalized spacial score (nSPS) is 26.6. The molecule has 0 aromatic heterocycles. The van der Waals surface area contributed by atoms with Gasteiger partial charge in [0.2, 0.25) is 0 Å². The van der Waals surface area contributed by atoms with Crippen molar-refractivity contribution in [2.45, 2.75) is 32.1 Å². The lowest BCUT2D eigenvalue weighted by Crippen LogP contribution is -2.47. The van der Waals surface area contributed by atoms with E-state index in [-0.39, 0.29) is 6.03 Å². The van der Waals surface area contributed by atoms with Crippen LogP contribution in [0.4, 0.5) is 4.79 Å². The average molecular weight is 357 g/mol. The van der Waals surface area contributed by atoms with E-state index in [0.717, 1.165) is 64.6 Å². The van der Waals surface area contributed by atoms with Gasteiger partial charge in [0, 0.05) is 44.7 Å². The zero-order valence-electron chi connectivity index (χ0n) is 15.7. The fourth-order valence-electron chi connectivity index (χ4n) is 4.85. The van der Waals surface area contributed by atoms with Crippen molar-refractivity contribution in [1.82, 2.24) is 14.7 Å². The van der Waals surface area contributed by atoms with Crippen LogP contribution < -0.4 is 4.74 Å². The first-order chi connectivity index (χ1) is 12.7. The average Bonchev–Trinajstić information content (AvgIpc) is 3.33. The molecule has 3 saturated heterocycles. The van der Waals surface area contributed by atoms with Crippen LogP contribution in [0.5, 0.6) is 5.75 Å². The van der Waals surface area contributed by atoms with Crippen molar-refractivity contribution in [3.63, 3.8) is 0 Å². The Balaban J connectivity index is 1.27. The van der Waals surface area contributed by atoms with Crippen molar-refractivity contribution in [3.8, 4) is 5.75 Å². The number of benzene rings is 1. The van der Waals surface area contributed by atoms with Crippen LogP contribution in [0, 0.1) is 5.41 Å². The van der Waals surface area contributed by atoms with E-state index in [1.54, 1.807) is 0 Å². The highest BCUT2D eigenvalue weighted by Gasteiger charge is 2.43. The molecule has 3 fully saturated rings. The molecule has 26 heavy (non-hydrogen) atoms. The number of piperidine rings is 1. The number of carbonyl (C=O) groups is 1. The van der Waals surface area contributed by atoms with Gasteiger partial charge in [-0.2, -0.15) is 0 Å². The van der Waals surface area contributed by atoms with Crippen LogP contribution in [0.25, 0.3) is 0 Å². The molecular weight excluding hydrogens is 326 g/mol. The summed E-state index contributed by atoms with van der Waals surface area (Å²) in [6.45, 7) is 7.74. The summed E-state index contributed by atoms with van der Waals surface area (Å²) in [6, 6.07) is 10.3. The number of para-hydroxylation sites is 1. The first kappa shape index (κ1) is 17.7. The zero-order chi connectivity index (χ0) is 17.8. The molecule has 1 atom stereocenters. The first-order valence-electron chi connectivity index (χ1n) is 10.2. The van der Waals surface area contributed by atoms with Crippen molar-refractivity contribution in [3.05, 3.63) is 30.3 Å². The highest BCUT2D eigenvalue weighted by atomic mass is 16.5. The largest absolute Gasteiger partial charge is 0.492 e. The summed E-state index contributed by atoms with van der Waals surface area (Å²) >= 11 is 0. The molecule has 4 rings (SSSR count). The van der Waals surface area contributed by atoms with Gasteiger partial charge in [0.05, 0.1) is 0 Å². The maximum atomic E-state index is 12.7. The summed E-state index contributed by atoms with van der Waals surface area (Å²) in [5.74, 6) is 0.947. The molecule has 3 aliphatic rings. The Hall–Kier alpha value is -1.75. The number of carbonyl (C=O) groups excluding carboxylic acids is 1. The molecule has 0 radical (unpaired) electrons. The van der Waals surface area contributed by atoms with Crippen LogP contribution in [0.15, 0.2) is 30.3 Å². The van der Waals surface area contributed by atoms with E-state index in [1.807, 2.05) is 35.2 Å². The highest BCUT2D eigenvalue weighted by Crippen LogP contribution is 2.39. The molecule has 2 amide bonds. The molecule has 5 nitrogen and oxygen atoms in total.